The summed E-state index contributed by atoms with van der Waals surface area (Å²) < 4.78 is 0. The molecule has 1 atom stereocenters. The highest BCUT2D eigenvalue weighted by Gasteiger charge is 2.29. The molecule has 0 radical (unpaired) electrons. The molecule has 1 unspecified atom stereocenters. The van der Waals surface area contributed by atoms with Crippen LogP contribution in [0.15, 0.2) is 6.20 Å². The second-order valence-corrected chi connectivity index (χ2v) is 8.31. The number of nitrogens with one attached hydrogen (secondary N) is 2. The average molecular weight is 380 g/mol. The van der Waals surface area contributed by atoms with Gasteiger partial charge in [0.2, 0.25) is 0 Å². The van der Waals surface area contributed by atoms with E-state index in [0.717, 1.165) is 73.5 Å². The fraction of sp³-hybridized carbons (Fsp3) is 0.619. The van der Waals surface area contributed by atoms with Gasteiger partial charge in [0.05, 0.1) is 5.69 Å². The Morgan fingerprint density at radius 2 is 2.07 bits per heavy atom. The molecule has 2 aliphatic heterocycles. The molecule has 2 aromatic rings. The summed E-state index contributed by atoms with van der Waals surface area (Å²) >= 11 is 0. The van der Waals surface area contributed by atoms with Gasteiger partial charge in [-0.15, -0.1) is 0 Å². The molecule has 2 aromatic heterocycles. The van der Waals surface area contributed by atoms with Crippen molar-refractivity contribution in [1.29, 1.82) is 0 Å². The van der Waals surface area contributed by atoms with Crippen molar-refractivity contribution in [2.75, 3.05) is 19.6 Å². The number of H-pyrrole nitrogens is 1. The van der Waals surface area contributed by atoms with Crippen molar-refractivity contribution in [3.8, 4) is 0 Å². The van der Waals surface area contributed by atoms with E-state index in [1.165, 1.54) is 19.3 Å². The lowest BCUT2D eigenvalue weighted by Gasteiger charge is -2.29. The van der Waals surface area contributed by atoms with Gasteiger partial charge in [0.15, 0.2) is 5.69 Å². The van der Waals surface area contributed by atoms with Crippen LogP contribution in [0.2, 0.25) is 0 Å². The first kappa shape index (κ1) is 17.8. The van der Waals surface area contributed by atoms with Crippen LogP contribution in [0.5, 0.6) is 0 Å². The van der Waals surface area contributed by atoms with E-state index in [0.29, 0.717) is 24.7 Å². The molecular formula is C21H28N6O. The maximum absolute atomic E-state index is 13.2. The lowest BCUT2D eigenvalue weighted by molar-refractivity contribution is 0.0726. The first-order valence-electron chi connectivity index (χ1n) is 10.7. The monoisotopic (exact) mass is 380 g/mol. The molecule has 3 aliphatic rings. The van der Waals surface area contributed by atoms with E-state index in [4.69, 9.17) is 4.98 Å². The van der Waals surface area contributed by atoms with Crippen molar-refractivity contribution < 1.29 is 4.79 Å². The molecule has 1 aliphatic carbocycles. The van der Waals surface area contributed by atoms with Crippen LogP contribution in [0.4, 0.5) is 0 Å². The normalized spacial score (nSPS) is 22.3. The molecule has 28 heavy (non-hydrogen) atoms. The molecule has 1 saturated heterocycles. The van der Waals surface area contributed by atoms with Gasteiger partial charge in [-0.25, -0.2) is 9.97 Å². The number of aromatic amines is 1. The van der Waals surface area contributed by atoms with Crippen LogP contribution in [-0.2, 0) is 25.8 Å². The SMILES string of the molecule is O=C(c1n[nH]c2c1CCCCC2)N1CCc2nc(C3CCCNC3)ncc2C1. The molecule has 7 nitrogen and oxygen atoms in total. The van der Waals surface area contributed by atoms with Gasteiger partial charge >= 0.3 is 0 Å². The summed E-state index contributed by atoms with van der Waals surface area (Å²) in [5.41, 5.74) is 5.12. The van der Waals surface area contributed by atoms with Crippen LogP contribution in [0, 0.1) is 0 Å². The molecule has 0 aromatic carbocycles. The van der Waals surface area contributed by atoms with Crippen molar-refractivity contribution >= 4 is 5.91 Å². The summed E-state index contributed by atoms with van der Waals surface area (Å²) in [5.74, 6) is 1.42. The van der Waals surface area contributed by atoms with Gasteiger partial charge in [0.25, 0.3) is 5.91 Å². The molecule has 5 rings (SSSR count). The van der Waals surface area contributed by atoms with Gasteiger partial charge in [-0.3, -0.25) is 9.89 Å². The molecule has 1 amide bonds. The Hall–Kier alpha value is -2.28. The number of aryl methyl sites for hydroxylation is 1. The molecule has 0 bridgehead atoms. The third kappa shape index (κ3) is 3.32. The van der Waals surface area contributed by atoms with E-state index in [-0.39, 0.29) is 5.91 Å². The van der Waals surface area contributed by atoms with Crippen LogP contribution < -0.4 is 5.32 Å². The Morgan fingerprint density at radius 1 is 1.14 bits per heavy atom. The summed E-state index contributed by atoms with van der Waals surface area (Å²) in [6, 6.07) is 0. The van der Waals surface area contributed by atoms with E-state index in [1.807, 2.05) is 11.1 Å². The number of hydrogen-bond donors (Lipinski definition) is 2. The third-order valence-electron chi connectivity index (χ3n) is 6.41. The van der Waals surface area contributed by atoms with Crippen molar-refractivity contribution in [2.45, 2.75) is 63.8 Å². The van der Waals surface area contributed by atoms with Gasteiger partial charge in [0.1, 0.15) is 5.82 Å². The number of piperidine rings is 1. The van der Waals surface area contributed by atoms with Crippen molar-refractivity contribution in [1.82, 2.24) is 30.4 Å². The fourth-order valence-electron chi connectivity index (χ4n) is 4.76. The lowest BCUT2D eigenvalue weighted by Crippen LogP contribution is -2.37. The molecular weight excluding hydrogens is 352 g/mol. The fourth-order valence-corrected chi connectivity index (χ4v) is 4.76. The predicted molar refractivity (Wildman–Crippen MR) is 105 cm³/mol. The summed E-state index contributed by atoms with van der Waals surface area (Å²) in [6.45, 7) is 3.34. The number of carbonyl (C=O) groups excluding carboxylic acids is 1. The van der Waals surface area contributed by atoms with Gasteiger partial charge < -0.3 is 10.2 Å². The third-order valence-corrected chi connectivity index (χ3v) is 6.41. The Morgan fingerprint density at radius 3 is 2.96 bits per heavy atom. The highest BCUT2D eigenvalue weighted by Crippen LogP contribution is 2.26. The van der Waals surface area contributed by atoms with Crippen LogP contribution in [-0.4, -0.2) is 50.6 Å². The maximum atomic E-state index is 13.2. The Bertz CT molecular complexity index is 870. The zero-order chi connectivity index (χ0) is 18.9. The molecule has 0 spiro atoms. The lowest BCUT2D eigenvalue weighted by atomic mass is 9.98. The molecule has 4 heterocycles. The predicted octanol–water partition coefficient (Wildman–Crippen LogP) is 2.13. The maximum Gasteiger partial charge on any atom is 0.274 e. The van der Waals surface area contributed by atoms with Crippen molar-refractivity contribution in [3.63, 3.8) is 0 Å². The average Bonchev–Trinajstić information content (AvgIpc) is 3.01. The minimum absolute atomic E-state index is 0.0469. The van der Waals surface area contributed by atoms with E-state index in [2.05, 4.69) is 20.5 Å². The number of rotatable bonds is 2. The van der Waals surface area contributed by atoms with Gasteiger partial charge in [0, 0.05) is 55.0 Å². The van der Waals surface area contributed by atoms with Gasteiger partial charge in [-0.1, -0.05) is 6.42 Å². The van der Waals surface area contributed by atoms with E-state index >= 15 is 0 Å². The van der Waals surface area contributed by atoms with E-state index in [1.54, 1.807) is 0 Å². The van der Waals surface area contributed by atoms with E-state index in [9.17, 15) is 4.79 Å². The smallest absolute Gasteiger partial charge is 0.274 e. The molecule has 148 valence electrons. The Balaban J connectivity index is 1.33. The van der Waals surface area contributed by atoms with Gasteiger partial charge in [-0.05, 0) is 45.1 Å². The van der Waals surface area contributed by atoms with Crippen molar-refractivity contribution in [2.24, 2.45) is 0 Å². The van der Waals surface area contributed by atoms with Crippen LogP contribution in [0.25, 0.3) is 0 Å². The molecule has 1 fully saturated rings. The highest BCUT2D eigenvalue weighted by atomic mass is 16.2. The first-order chi connectivity index (χ1) is 13.8. The molecule has 0 saturated carbocycles. The van der Waals surface area contributed by atoms with Crippen molar-refractivity contribution in [3.05, 3.63) is 40.2 Å². The number of fused-ring (bicyclic) bond motifs is 2. The Labute approximate surface area is 165 Å². The minimum Gasteiger partial charge on any atom is -0.332 e. The van der Waals surface area contributed by atoms with Crippen LogP contribution in [0.3, 0.4) is 0 Å². The zero-order valence-corrected chi connectivity index (χ0v) is 16.3. The second-order valence-electron chi connectivity index (χ2n) is 8.31. The number of amides is 1. The number of nitrogens with zero attached hydrogens (tertiary/aromatic N) is 4. The summed E-state index contributed by atoms with van der Waals surface area (Å²) in [6.07, 6.45) is 10.6. The standard InChI is InChI=1S/C21H28N6O/c28-21(19-16-6-2-1-3-7-18(16)25-26-19)27-10-8-17-15(13-27)12-23-20(24-17)14-5-4-9-22-11-14/h12,14,22H,1-11,13H2,(H,25,26). The van der Waals surface area contributed by atoms with Crippen LogP contribution in [0.1, 0.15) is 76.8 Å². The highest BCUT2D eigenvalue weighted by molar-refractivity contribution is 5.94. The molecule has 2 N–H and O–H groups in total. The van der Waals surface area contributed by atoms with Crippen LogP contribution >= 0.6 is 0 Å². The zero-order valence-electron chi connectivity index (χ0n) is 16.3. The first-order valence-corrected chi connectivity index (χ1v) is 10.7. The largest absolute Gasteiger partial charge is 0.332 e. The number of hydrogen-bond acceptors (Lipinski definition) is 5. The van der Waals surface area contributed by atoms with Gasteiger partial charge in [-0.2, -0.15) is 5.10 Å². The minimum atomic E-state index is 0.0469. The summed E-state index contributed by atoms with van der Waals surface area (Å²) in [4.78, 5) is 24.6. The topological polar surface area (TPSA) is 86.8 Å². The molecule has 7 heteroatoms. The number of carbonyl (C=O) groups is 1. The summed E-state index contributed by atoms with van der Waals surface area (Å²) in [7, 11) is 0. The Kier molecular flexibility index (Phi) is 4.84. The van der Waals surface area contributed by atoms with E-state index < -0.39 is 0 Å². The second kappa shape index (κ2) is 7.62. The number of aromatic nitrogens is 4. The summed E-state index contributed by atoms with van der Waals surface area (Å²) in [5, 5.41) is 10.9. The quantitative estimate of drug-likeness (QED) is 0.780.